The van der Waals surface area contributed by atoms with Crippen LogP contribution in [0.5, 0.6) is 5.75 Å². The number of nitrogens with zero attached hydrogens (tertiary/aromatic N) is 2. The normalized spacial score (nSPS) is 11.6. The van der Waals surface area contributed by atoms with Crippen molar-refractivity contribution in [3.63, 3.8) is 0 Å². The van der Waals surface area contributed by atoms with Crippen LogP contribution in [0.2, 0.25) is 0 Å². The Morgan fingerprint density at radius 1 is 1.19 bits per heavy atom. The number of ether oxygens (including phenoxy) is 1. The van der Waals surface area contributed by atoms with Crippen molar-refractivity contribution in [2.45, 2.75) is 6.04 Å². The Kier molecular flexibility index (Phi) is 5.33. The summed E-state index contributed by atoms with van der Waals surface area (Å²) in [5.74, 6) is -0.212. The molecule has 2 N–H and O–H groups in total. The molecule has 2 heterocycles. The minimum absolute atomic E-state index is 0.157. The van der Waals surface area contributed by atoms with Gasteiger partial charge in [0.2, 0.25) is 0 Å². The molecule has 8 heteroatoms. The molecular weight excluding hydrogens is 336 g/mol. The summed E-state index contributed by atoms with van der Waals surface area (Å²) in [5, 5.41) is 9.31. The van der Waals surface area contributed by atoms with Crippen molar-refractivity contribution < 1.29 is 18.7 Å². The molecule has 2 aromatic heterocycles. The van der Waals surface area contributed by atoms with E-state index in [0.29, 0.717) is 17.2 Å². The molecule has 0 aliphatic carbocycles. The van der Waals surface area contributed by atoms with Gasteiger partial charge < -0.3 is 19.8 Å². The summed E-state index contributed by atoms with van der Waals surface area (Å²) < 4.78 is 12.1. The van der Waals surface area contributed by atoms with Crippen molar-refractivity contribution in [1.82, 2.24) is 15.1 Å². The SMILES string of the molecule is COc1ccc(NC(=O)C(=O)NCC(c2ccco2)n2cccn2)cc1. The van der Waals surface area contributed by atoms with Gasteiger partial charge in [0, 0.05) is 24.6 Å². The van der Waals surface area contributed by atoms with Crippen LogP contribution in [0.4, 0.5) is 5.69 Å². The summed E-state index contributed by atoms with van der Waals surface area (Å²) in [5.41, 5.74) is 0.501. The van der Waals surface area contributed by atoms with Gasteiger partial charge in [0.15, 0.2) is 0 Å². The molecule has 0 aliphatic rings. The fraction of sp³-hybridized carbons (Fsp3) is 0.167. The molecule has 0 fully saturated rings. The maximum Gasteiger partial charge on any atom is 0.313 e. The molecule has 8 nitrogen and oxygen atoms in total. The number of aromatic nitrogens is 2. The van der Waals surface area contributed by atoms with Crippen molar-refractivity contribution in [3.8, 4) is 5.75 Å². The molecular formula is C18H18N4O4. The Morgan fingerprint density at radius 3 is 2.62 bits per heavy atom. The number of furan rings is 1. The van der Waals surface area contributed by atoms with E-state index in [4.69, 9.17) is 9.15 Å². The lowest BCUT2D eigenvalue weighted by Gasteiger charge is -2.16. The second kappa shape index (κ2) is 8.02. The maximum absolute atomic E-state index is 12.1. The molecule has 3 aromatic rings. The number of carbonyl (C=O) groups excluding carboxylic acids is 2. The molecule has 0 radical (unpaired) electrons. The highest BCUT2D eigenvalue weighted by Crippen LogP contribution is 2.17. The fourth-order valence-corrected chi connectivity index (χ4v) is 2.40. The van der Waals surface area contributed by atoms with Crippen LogP contribution in [-0.4, -0.2) is 35.2 Å². The Hall–Kier alpha value is -3.55. The monoisotopic (exact) mass is 354 g/mol. The topological polar surface area (TPSA) is 98.4 Å². The number of nitrogens with one attached hydrogen (secondary N) is 2. The van der Waals surface area contributed by atoms with Crippen LogP contribution in [0.25, 0.3) is 0 Å². The average Bonchev–Trinajstić information content (AvgIpc) is 3.37. The fourth-order valence-electron chi connectivity index (χ4n) is 2.40. The molecule has 134 valence electrons. The largest absolute Gasteiger partial charge is 0.497 e. The number of carbonyl (C=O) groups is 2. The molecule has 3 rings (SSSR count). The summed E-state index contributed by atoms with van der Waals surface area (Å²) in [6.45, 7) is 0.157. The van der Waals surface area contributed by atoms with E-state index in [1.807, 2.05) is 0 Å². The first-order chi connectivity index (χ1) is 12.7. The summed E-state index contributed by atoms with van der Waals surface area (Å²) in [6.07, 6.45) is 4.94. The average molecular weight is 354 g/mol. The Balaban J connectivity index is 1.60. The first-order valence-electron chi connectivity index (χ1n) is 7.93. The lowest BCUT2D eigenvalue weighted by Crippen LogP contribution is -2.38. The highest BCUT2D eigenvalue weighted by Gasteiger charge is 2.20. The Morgan fingerprint density at radius 2 is 2.00 bits per heavy atom. The van der Waals surface area contributed by atoms with Gasteiger partial charge in [-0.2, -0.15) is 5.10 Å². The zero-order valence-electron chi connectivity index (χ0n) is 14.1. The molecule has 0 saturated heterocycles. The third-order valence-corrected chi connectivity index (χ3v) is 3.73. The highest BCUT2D eigenvalue weighted by atomic mass is 16.5. The molecule has 0 saturated carbocycles. The van der Waals surface area contributed by atoms with E-state index in [2.05, 4.69) is 15.7 Å². The lowest BCUT2D eigenvalue weighted by atomic mass is 10.2. The first-order valence-corrected chi connectivity index (χ1v) is 7.93. The van der Waals surface area contributed by atoms with Gasteiger partial charge in [-0.15, -0.1) is 0 Å². The van der Waals surface area contributed by atoms with E-state index >= 15 is 0 Å². The second-order valence-electron chi connectivity index (χ2n) is 5.41. The Bertz CT molecular complexity index is 808. The standard InChI is InChI=1S/C18H18N4O4/c1-25-14-7-5-13(6-8-14)21-18(24)17(23)19-12-15(16-4-2-11-26-16)22-10-3-9-20-22/h2-11,15H,12H2,1H3,(H,19,23)(H,21,24). The van der Waals surface area contributed by atoms with Crippen LogP contribution in [0.15, 0.2) is 65.5 Å². The maximum atomic E-state index is 12.1. The van der Waals surface area contributed by atoms with Gasteiger partial charge >= 0.3 is 11.8 Å². The van der Waals surface area contributed by atoms with Gasteiger partial charge in [-0.1, -0.05) is 0 Å². The van der Waals surface area contributed by atoms with Crippen molar-refractivity contribution in [3.05, 3.63) is 66.9 Å². The van der Waals surface area contributed by atoms with Gasteiger partial charge in [-0.25, -0.2) is 0 Å². The number of rotatable bonds is 6. The third kappa shape index (κ3) is 4.10. The van der Waals surface area contributed by atoms with Crippen LogP contribution < -0.4 is 15.4 Å². The van der Waals surface area contributed by atoms with E-state index < -0.39 is 11.8 Å². The zero-order valence-corrected chi connectivity index (χ0v) is 14.1. The van der Waals surface area contributed by atoms with Crippen LogP contribution in [-0.2, 0) is 9.59 Å². The second-order valence-corrected chi connectivity index (χ2v) is 5.41. The molecule has 2 amide bonds. The molecule has 1 unspecified atom stereocenters. The molecule has 0 aliphatic heterocycles. The van der Waals surface area contributed by atoms with Crippen molar-refractivity contribution >= 4 is 17.5 Å². The van der Waals surface area contributed by atoms with E-state index in [1.54, 1.807) is 72.9 Å². The van der Waals surface area contributed by atoms with Gasteiger partial charge in [0.1, 0.15) is 17.6 Å². The minimum atomic E-state index is -0.756. The summed E-state index contributed by atoms with van der Waals surface area (Å²) >= 11 is 0. The molecule has 1 atom stereocenters. The lowest BCUT2D eigenvalue weighted by molar-refractivity contribution is -0.136. The first kappa shape index (κ1) is 17.3. The van der Waals surface area contributed by atoms with Crippen molar-refractivity contribution in [2.24, 2.45) is 0 Å². The predicted octanol–water partition coefficient (Wildman–Crippen LogP) is 1.83. The quantitative estimate of drug-likeness (QED) is 0.658. The van der Waals surface area contributed by atoms with Gasteiger partial charge in [0.05, 0.1) is 13.4 Å². The van der Waals surface area contributed by atoms with Crippen molar-refractivity contribution in [2.75, 3.05) is 19.0 Å². The zero-order chi connectivity index (χ0) is 18.4. The highest BCUT2D eigenvalue weighted by molar-refractivity contribution is 6.39. The molecule has 0 spiro atoms. The minimum Gasteiger partial charge on any atom is -0.497 e. The number of benzene rings is 1. The van der Waals surface area contributed by atoms with Gasteiger partial charge in [-0.3, -0.25) is 14.3 Å². The smallest absolute Gasteiger partial charge is 0.313 e. The summed E-state index contributed by atoms with van der Waals surface area (Å²) in [4.78, 5) is 24.2. The summed E-state index contributed by atoms with van der Waals surface area (Å²) in [6, 6.07) is 11.7. The van der Waals surface area contributed by atoms with E-state index in [0.717, 1.165) is 0 Å². The number of amides is 2. The summed E-state index contributed by atoms with van der Waals surface area (Å²) in [7, 11) is 1.55. The predicted molar refractivity (Wildman–Crippen MR) is 93.7 cm³/mol. The van der Waals surface area contributed by atoms with Crippen LogP contribution >= 0.6 is 0 Å². The van der Waals surface area contributed by atoms with Crippen LogP contribution in [0, 0.1) is 0 Å². The molecule has 0 bridgehead atoms. The van der Waals surface area contributed by atoms with Crippen molar-refractivity contribution in [1.29, 1.82) is 0 Å². The Labute approximate surface area is 149 Å². The van der Waals surface area contributed by atoms with E-state index in [1.165, 1.54) is 0 Å². The number of methoxy groups -OCH3 is 1. The number of hydrogen-bond donors (Lipinski definition) is 2. The molecule has 26 heavy (non-hydrogen) atoms. The number of anilines is 1. The van der Waals surface area contributed by atoms with Crippen LogP contribution in [0.3, 0.4) is 0 Å². The van der Waals surface area contributed by atoms with E-state index in [-0.39, 0.29) is 12.6 Å². The van der Waals surface area contributed by atoms with Crippen LogP contribution in [0.1, 0.15) is 11.8 Å². The van der Waals surface area contributed by atoms with E-state index in [9.17, 15) is 9.59 Å². The van der Waals surface area contributed by atoms with Gasteiger partial charge in [-0.05, 0) is 42.5 Å². The third-order valence-electron chi connectivity index (χ3n) is 3.73. The van der Waals surface area contributed by atoms with Gasteiger partial charge in [0.25, 0.3) is 0 Å². The molecule has 1 aromatic carbocycles. The number of hydrogen-bond acceptors (Lipinski definition) is 5.